The monoisotopic (exact) mass is 418 g/mol. The number of likely N-dealkylation sites (N-methyl/N-ethyl adjacent to an activating group) is 1. The van der Waals surface area contributed by atoms with Crippen molar-refractivity contribution in [3.8, 4) is 11.3 Å². The van der Waals surface area contributed by atoms with Gasteiger partial charge in [-0.25, -0.2) is 4.68 Å². The smallest absolute Gasteiger partial charge is 0.267 e. The first kappa shape index (κ1) is 22.0. The summed E-state index contributed by atoms with van der Waals surface area (Å²) in [6.07, 6.45) is 0. The number of benzene rings is 2. The molecule has 0 N–H and O–H groups in total. The third-order valence-electron chi connectivity index (χ3n) is 4.94. The lowest BCUT2D eigenvalue weighted by molar-refractivity contribution is -0.132. The molecular formula is C24H26N4O3. The normalized spacial score (nSPS) is 10.5. The van der Waals surface area contributed by atoms with Crippen molar-refractivity contribution in [2.24, 2.45) is 0 Å². The third-order valence-corrected chi connectivity index (χ3v) is 4.94. The Labute approximate surface area is 181 Å². The van der Waals surface area contributed by atoms with Gasteiger partial charge in [0.15, 0.2) is 0 Å². The zero-order chi connectivity index (χ0) is 22.4. The van der Waals surface area contributed by atoms with Gasteiger partial charge in [-0.05, 0) is 30.7 Å². The van der Waals surface area contributed by atoms with Gasteiger partial charge in [0.2, 0.25) is 5.91 Å². The van der Waals surface area contributed by atoms with Crippen LogP contribution in [0.4, 0.5) is 0 Å². The highest BCUT2D eigenvalue weighted by atomic mass is 16.2. The van der Waals surface area contributed by atoms with Gasteiger partial charge in [0.25, 0.3) is 11.5 Å². The quantitative estimate of drug-likeness (QED) is 0.591. The summed E-state index contributed by atoms with van der Waals surface area (Å²) < 4.78 is 1.20. The van der Waals surface area contributed by atoms with Crippen molar-refractivity contribution in [3.05, 3.63) is 88.2 Å². The van der Waals surface area contributed by atoms with E-state index in [1.807, 2.05) is 49.4 Å². The van der Waals surface area contributed by atoms with Crippen LogP contribution in [0.2, 0.25) is 0 Å². The molecule has 3 aromatic rings. The summed E-state index contributed by atoms with van der Waals surface area (Å²) in [6.45, 7) is 2.63. The number of nitrogens with zero attached hydrogens (tertiary/aromatic N) is 4. The highest BCUT2D eigenvalue weighted by Crippen LogP contribution is 2.14. The molecule has 2 aromatic carbocycles. The third kappa shape index (κ3) is 5.45. The van der Waals surface area contributed by atoms with Crippen LogP contribution in [0.1, 0.15) is 22.8 Å². The molecule has 0 aliphatic carbocycles. The highest BCUT2D eigenvalue weighted by Gasteiger charge is 2.15. The van der Waals surface area contributed by atoms with Gasteiger partial charge >= 0.3 is 0 Å². The Bertz CT molecular complexity index is 1110. The Morgan fingerprint density at radius 2 is 1.61 bits per heavy atom. The molecule has 0 radical (unpaired) electrons. The molecule has 0 atom stereocenters. The van der Waals surface area contributed by atoms with Crippen LogP contribution in [0.3, 0.4) is 0 Å². The maximum absolute atomic E-state index is 12.9. The van der Waals surface area contributed by atoms with Crippen LogP contribution in [0.5, 0.6) is 0 Å². The number of carbonyl (C=O) groups is 2. The molecule has 7 heteroatoms. The first-order chi connectivity index (χ1) is 14.9. The van der Waals surface area contributed by atoms with Crippen molar-refractivity contribution in [2.75, 3.05) is 20.6 Å². The number of hydrogen-bond acceptors (Lipinski definition) is 4. The lowest BCUT2D eigenvalue weighted by atomic mass is 10.1. The van der Waals surface area contributed by atoms with E-state index in [0.717, 1.165) is 11.1 Å². The summed E-state index contributed by atoms with van der Waals surface area (Å²) in [5.74, 6) is -0.269. The lowest BCUT2D eigenvalue weighted by Crippen LogP contribution is -2.36. The Morgan fingerprint density at radius 1 is 0.935 bits per heavy atom. The standard InChI is InChI=1S/C24H26N4O3/c1-4-27(16-18-10-12-20(13-11-18)24(31)26(2)3)23(30)17-28-22(29)15-14-21(25-28)19-8-6-5-7-9-19/h5-15H,4,16-17H2,1-3H3. The highest BCUT2D eigenvalue weighted by molar-refractivity contribution is 5.93. The van der Waals surface area contributed by atoms with Crippen molar-refractivity contribution < 1.29 is 9.59 Å². The molecule has 2 amide bonds. The van der Waals surface area contributed by atoms with E-state index in [-0.39, 0.29) is 23.9 Å². The fourth-order valence-corrected chi connectivity index (χ4v) is 3.16. The van der Waals surface area contributed by atoms with Crippen LogP contribution in [-0.2, 0) is 17.9 Å². The number of rotatable bonds is 7. The largest absolute Gasteiger partial charge is 0.345 e. The minimum absolute atomic E-state index is 0.0706. The topological polar surface area (TPSA) is 75.5 Å². The van der Waals surface area contributed by atoms with Crippen molar-refractivity contribution in [1.82, 2.24) is 19.6 Å². The van der Waals surface area contributed by atoms with Gasteiger partial charge in [-0.1, -0.05) is 42.5 Å². The van der Waals surface area contributed by atoms with E-state index in [4.69, 9.17) is 0 Å². The zero-order valence-corrected chi connectivity index (χ0v) is 18.0. The second kappa shape index (κ2) is 9.84. The molecule has 31 heavy (non-hydrogen) atoms. The molecule has 0 aliphatic heterocycles. The van der Waals surface area contributed by atoms with E-state index >= 15 is 0 Å². The van der Waals surface area contributed by atoms with Gasteiger partial charge in [-0.3, -0.25) is 14.4 Å². The van der Waals surface area contributed by atoms with Crippen LogP contribution in [-0.4, -0.2) is 52.0 Å². The average molecular weight is 418 g/mol. The van der Waals surface area contributed by atoms with Crippen LogP contribution in [0.25, 0.3) is 11.3 Å². The van der Waals surface area contributed by atoms with E-state index in [9.17, 15) is 14.4 Å². The Morgan fingerprint density at radius 3 is 2.23 bits per heavy atom. The first-order valence-electron chi connectivity index (χ1n) is 10.1. The molecular weight excluding hydrogens is 392 g/mol. The predicted molar refractivity (Wildman–Crippen MR) is 119 cm³/mol. The van der Waals surface area contributed by atoms with Crippen molar-refractivity contribution >= 4 is 11.8 Å². The molecule has 0 spiro atoms. The van der Waals surface area contributed by atoms with E-state index in [1.54, 1.807) is 37.2 Å². The number of aromatic nitrogens is 2. The van der Waals surface area contributed by atoms with E-state index < -0.39 is 0 Å². The van der Waals surface area contributed by atoms with E-state index in [1.165, 1.54) is 15.6 Å². The second-order valence-corrected chi connectivity index (χ2v) is 7.38. The first-order valence-corrected chi connectivity index (χ1v) is 10.1. The fourth-order valence-electron chi connectivity index (χ4n) is 3.16. The molecule has 0 saturated carbocycles. The number of amides is 2. The second-order valence-electron chi connectivity index (χ2n) is 7.38. The van der Waals surface area contributed by atoms with Crippen LogP contribution in [0, 0.1) is 0 Å². The molecule has 0 fully saturated rings. The minimum atomic E-state index is -0.323. The van der Waals surface area contributed by atoms with Gasteiger partial charge in [0, 0.05) is 44.4 Å². The maximum Gasteiger partial charge on any atom is 0.267 e. The average Bonchev–Trinajstić information content (AvgIpc) is 2.79. The van der Waals surface area contributed by atoms with Crippen LogP contribution in [0.15, 0.2) is 71.5 Å². The molecule has 0 saturated heterocycles. The summed E-state index contributed by atoms with van der Waals surface area (Å²) in [5.41, 5.74) is 2.69. The summed E-state index contributed by atoms with van der Waals surface area (Å²) in [5, 5.41) is 4.37. The van der Waals surface area contributed by atoms with E-state index in [0.29, 0.717) is 24.3 Å². The van der Waals surface area contributed by atoms with Crippen molar-refractivity contribution in [3.63, 3.8) is 0 Å². The predicted octanol–water partition coefficient (Wildman–Crippen LogP) is 2.66. The minimum Gasteiger partial charge on any atom is -0.345 e. The molecule has 1 heterocycles. The Kier molecular flexibility index (Phi) is 6.97. The van der Waals surface area contributed by atoms with E-state index in [2.05, 4.69) is 5.10 Å². The Hall–Kier alpha value is -3.74. The molecule has 0 aliphatic rings. The van der Waals surface area contributed by atoms with Crippen LogP contribution < -0.4 is 5.56 Å². The van der Waals surface area contributed by atoms with Crippen molar-refractivity contribution in [1.29, 1.82) is 0 Å². The number of hydrogen-bond donors (Lipinski definition) is 0. The lowest BCUT2D eigenvalue weighted by Gasteiger charge is -2.21. The fraction of sp³-hybridized carbons (Fsp3) is 0.250. The SMILES string of the molecule is CCN(Cc1ccc(C(=O)N(C)C)cc1)C(=O)Cn1nc(-c2ccccc2)ccc1=O. The summed E-state index contributed by atoms with van der Waals surface area (Å²) >= 11 is 0. The molecule has 7 nitrogen and oxygen atoms in total. The summed E-state index contributed by atoms with van der Waals surface area (Å²) in [4.78, 5) is 40.3. The molecule has 1 aromatic heterocycles. The molecule has 160 valence electrons. The van der Waals surface area contributed by atoms with Crippen LogP contribution >= 0.6 is 0 Å². The molecule has 0 unspecified atom stereocenters. The number of carbonyl (C=O) groups excluding carboxylic acids is 2. The van der Waals surface area contributed by atoms with Gasteiger partial charge in [0.1, 0.15) is 6.54 Å². The summed E-state index contributed by atoms with van der Waals surface area (Å²) in [7, 11) is 3.41. The summed E-state index contributed by atoms with van der Waals surface area (Å²) in [6, 6.07) is 19.8. The van der Waals surface area contributed by atoms with Gasteiger partial charge in [-0.15, -0.1) is 0 Å². The van der Waals surface area contributed by atoms with Gasteiger partial charge in [0.05, 0.1) is 5.69 Å². The zero-order valence-electron chi connectivity index (χ0n) is 18.0. The maximum atomic E-state index is 12.9. The van der Waals surface area contributed by atoms with Crippen molar-refractivity contribution in [2.45, 2.75) is 20.0 Å². The van der Waals surface area contributed by atoms with Gasteiger partial charge in [-0.2, -0.15) is 5.10 Å². The molecule has 3 rings (SSSR count). The van der Waals surface area contributed by atoms with Gasteiger partial charge < -0.3 is 9.80 Å². The Balaban J connectivity index is 1.73. The molecule has 0 bridgehead atoms.